The lowest BCUT2D eigenvalue weighted by atomic mass is 9.95. The first kappa shape index (κ1) is 13.2. The lowest BCUT2D eigenvalue weighted by Crippen LogP contribution is -2.00. The number of hydrogen-bond acceptors (Lipinski definition) is 3. The highest BCUT2D eigenvalue weighted by Gasteiger charge is 2.09. The van der Waals surface area contributed by atoms with E-state index in [1.807, 2.05) is 24.3 Å². The standard InChI is InChI=1S/C18H17N3/c19-17-11-10-16(18(20)21-17)15-9-5-4-8-14(15)12-13-6-2-1-3-7-13/h1-11H,12H2,(H4,19,20,21). The van der Waals surface area contributed by atoms with Crippen LogP contribution in [0.2, 0.25) is 0 Å². The van der Waals surface area contributed by atoms with Crippen LogP contribution in [0, 0.1) is 0 Å². The van der Waals surface area contributed by atoms with Crippen molar-refractivity contribution in [2.75, 3.05) is 11.5 Å². The molecule has 0 spiro atoms. The molecule has 2 aromatic carbocycles. The van der Waals surface area contributed by atoms with E-state index in [-0.39, 0.29) is 0 Å². The summed E-state index contributed by atoms with van der Waals surface area (Å²) in [7, 11) is 0. The van der Waals surface area contributed by atoms with Crippen molar-refractivity contribution in [3.63, 3.8) is 0 Å². The van der Waals surface area contributed by atoms with E-state index >= 15 is 0 Å². The molecule has 1 heterocycles. The van der Waals surface area contributed by atoms with Gasteiger partial charge in [0.1, 0.15) is 11.6 Å². The van der Waals surface area contributed by atoms with Gasteiger partial charge in [-0.05, 0) is 35.2 Å². The average Bonchev–Trinajstić information content (AvgIpc) is 2.49. The van der Waals surface area contributed by atoms with Gasteiger partial charge >= 0.3 is 0 Å². The molecule has 0 saturated carbocycles. The van der Waals surface area contributed by atoms with Crippen molar-refractivity contribution >= 4 is 11.6 Å². The molecule has 0 saturated heterocycles. The number of rotatable bonds is 3. The summed E-state index contributed by atoms with van der Waals surface area (Å²) in [5.41, 5.74) is 16.2. The SMILES string of the molecule is Nc1ccc(-c2ccccc2Cc2ccccc2)c(N)n1. The van der Waals surface area contributed by atoms with Crippen molar-refractivity contribution in [3.05, 3.63) is 77.9 Å². The minimum atomic E-state index is 0.441. The van der Waals surface area contributed by atoms with Gasteiger partial charge in [-0.25, -0.2) is 4.98 Å². The van der Waals surface area contributed by atoms with Crippen molar-refractivity contribution in [1.82, 2.24) is 4.98 Å². The Balaban J connectivity index is 2.03. The number of anilines is 2. The van der Waals surface area contributed by atoms with E-state index in [0.717, 1.165) is 17.5 Å². The topological polar surface area (TPSA) is 64.9 Å². The van der Waals surface area contributed by atoms with Gasteiger partial charge in [0.2, 0.25) is 0 Å². The van der Waals surface area contributed by atoms with Crippen molar-refractivity contribution in [1.29, 1.82) is 0 Å². The number of nitrogens with two attached hydrogens (primary N) is 2. The maximum atomic E-state index is 6.02. The Morgan fingerprint density at radius 2 is 1.43 bits per heavy atom. The summed E-state index contributed by atoms with van der Waals surface area (Å²) >= 11 is 0. The largest absolute Gasteiger partial charge is 0.384 e. The summed E-state index contributed by atoms with van der Waals surface area (Å²) in [6, 6.07) is 22.4. The summed E-state index contributed by atoms with van der Waals surface area (Å²) < 4.78 is 0. The summed E-state index contributed by atoms with van der Waals surface area (Å²) in [6.45, 7) is 0. The fraction of sp³-hybridized carbons (Fsp3) is 0.0556. The Bertz CT molecular complexity index is 751. The van der Waals surface area contributed by atoms with Crippen molar-refractivity contribution in [2.45, 2.75) is 6.42 Å². The second kappa shape index (κ2) is 5.67. The van der Waals surface area contributed by atoms with Crippen molar-refractivity contribution < 1.29 is 0 Å². The van der Waals surface area contributed by atoms with E-state index in [0.29, 0.717) is 11.6 Å². The zero-order chi connectivity index (χ0) is 14.7. The number of nitrogen functional groups attached to an aromatic ring is 2. The predicted molar refractivity (Wildman–Crippen MR) is 87.7 cm³/mol. The number of hydrogen-bond donors (Lipinski definition) is 2. The molecule has 0 aliphatic heterocycles. The quantitative estimate of drug-likeness (QED) is 0.768. The maximum Gasteiger partial charge on any atom is 0.133 e. The van der Waals surface area contributed by atoms with Crippen LogP contribution in [0.3, 0.4) is 0 Å². The normalized spacial score (nSPS) is 10.5. The summed E-state index contributed by atoms with van der Waals surface area (Å²) in [4.78, 5) is 4.15. The molecule has 3 nitrogen and oxygen atoms in total. The van der Waals surface area contributed by atoms with Gasteiger partial charge in [-0.3, -0.25) is 0 Å². The second-order valence-corrected chi connectivity index (χ2v) is 4.99. The van der Waals surface area contributed by atoms with Crippen LogP contribution in [0.4, 0.5) is 11.6 Å². The molecule has 4 N–H and O–H groups in total. The molecule has 0 amide bonds. The van der Waals surface area contributed by atoms with Gasteiger partial charge < -0.3 is 11.5 Å². The number of pyridine rings is 1. The molecule has 3 heteroatoms. The molecule has 0 radical (unpaired) electrons. The molecule has 104 valence electrons. The molecule has 21 heavy (non-hydrogen) atoms. The van der Waals surface area contributed by atoms with E-state index in [1.54, 1.807) is 6.07 Å². The summed E-state index contributed by atoms with van der Waals surface area (Å²) in [5, 5.41) is 0. The zero-order valence-corrected chi connectivity index (χ0v) is 11.7. The summed E-state index contributed by atoms with van der Waals surface area (Å²) in [5.74, 6) is 0.910. The van der Waals surface area contributed by atoms with E-state index in [9.17, 15) is 0 Å². The number of nitrogens with zero attached hydrogens (tertiary/aromatic N) is 1. The summed E-state index contributed by atoms with van der Waals surface area (Å²) in [6.07, 6.45) is 0.862. The van der Waals surface area contributed by atoms with Gasteiger partial charge in [0.25, 0.3) is 0 Å². The number of benzene rings is 2. The maximum absolute atomic E-state index is 6.02. The molecule has 3 aromatic rings. The fourth-order valence-corrected chi connectivity index (χ4v) is 2.47. The van der Waals surface area contributed by atoms with Gasteiger partial charge in [0, 0.05) is 5.56 Å². The van der Waals surface area contributed by atoms with Crippen molar-refractivity contribution in [2.24, 2.45) is 0 Å². The smallest absolute Gasteiger partial charge is 0.133 e. The van der Waals surface area contributed by atoms with Gasteiger partial charge in [0.15, 0.2) is 0 Å². The molecule has 0 aliphatic carbocycles. The predicted octanol–water partition coefficient (Wildman–Crippen LogP) is 3.50. The highest BCUT2D eigenvalue weighted by atomic mass is 14.9. The first-order chi connectivity index (χ1) is 10.2. The van der Waals surface area contributed by atoms with Crippen LogP contribution in [0.1, 0.15) is 11.1 Å². The van der Waals surface area contributed by atoms with Crippen molar-refractivity contribution in [3.8, 4) is 11.1 Å². The molecule has 3 rings (SSSR count). The van der Waals surface area contributed by atoms with E-state index in [2.05, 4.69) is 41.4 Å². The Morgan fingerprint density at radius 3 is 2.19 bits per heavy atom. The van der Waals surface area contributed by atoms with Gasteiger partial charge in [0.05, 0.1) is 0 Å². The Kier molecular flexibility index (Phi) is 3.56. The van der Waals surface area contributed by atoms with Crippen LogP contribution in [0.25, 0.3) is 11.1 Å². The molecule has 0 aliphatic rings. The first-order valence-electron chi connectivity index (χ1n) is 6.88. The van der Waals surface area contributed by atoms with Gasteiger partial charge in [-0.2, -0.15) is 0 Å². The van der Waals surface area contributed by atoms with E-state index < -0.39 is 0 Å². The second-order valence-electron chi connectivity index (χ2n) is 4.99. The molecule has 1 aromatic heterocycles. The Morgan fingerprint density at radius 1 is 0.714 bits per heavy atom. The van der Waals surface area contributed by atoms with Crippen LogP contribution in [0.5, 0.6) is 0 Å². The highest BCUT2D eigenvalue weighted by molar-refractivity contribution is 5.77. The zero-order valence-electron chi connectivity index (χ0n) is 11.7. The third kappa shape index (κ3) is 2.87. The van der Waals surface area contributed by atoms with Crippen LogP contribution in [0.15, 0.2) is 66.7 Å². The van der Waals surface area contributed by atoms with Gasteiger partial charge in [-0.1, -0.05) is 54.6 Å². The van der Waals surface area contributed by atoms with Crippen LogP contribution < -0.4 is 11.5 Å². The van der Waals surface area contributed by atoms with Crippen LogP contribution >= 0.6 is 0 Å². The highest BCUT2D eigenvalue weighted by Crippen LogP contribution is 2.29. The van der Waals surface area contributed by atoms with Crippen LogP contribution in [-0.4, -0.2) is 4.98 Å². The van der Waals surface area contributed by atoms with E-state index in [1.165, 1.54) is 11.1 Å². The average molecular weight is 275 g/mol. The lowest BCUT2D eigenvalue weighted by molar-refractivity contribution is 1.19. The third-order valence-corrected chi connectivity index (χ3v) is 3.49. The first-order valence-corrected chi connectivity index (χ1v) is 6.88. The van der Waals surface area contributed by atoms with Gasteiger partial charge in [-0.15, -0.1) is 0 Å². The molecule has 0 unspecified atom stereocenters. The monoisotopic (exact) mass is 275 g/mol. The molecule has 0 fully saturated rings. The Labute approximate surface area is 124 Å². The Hall–Kier alpha value is -2.81. The lowest BCUT2D eigenvalue weighted by Gasteiger charge is -2.12. The van der Waals surface area contributed by atoms with E-state index in [4.69, 9.17) is 11.5 Å². The minimum Gasteiger partial charge on any atom is -0.384 e. The third-order valence-electron chi connectivity index (χ3n) is 3.49. The van der Waals surface area contributed by atoms with Crippen LogP contribution in [-0.2, 0) is 6.42 Å². The minimum absolute atomic E-state index is 0.441. The fourth-order valence-electron chi connectivity index (χ4n) is 2.47. The number of aromatic nitrogens is 1. The molecule has 0 atom stereocenters. The molecule has 0 bridgehead atoms. The molecular weight excluding hydrogens is 258 g/mol. The molecular formula is C18H17N3.